The number of hydrogen-bond donors (Lipinski definition) is 0. The van der Waals surface area contributed by atoms with E-state index in [1.807, 2.05) is 30.2 Å². The Morgan fingerprint density at radius 1 is 1.09 bits per heavy atom. The van der Waals surface area contributed by atoms with Gasteiger partial charge in [0.2, 0.25) is 0 Å². The molecule has 1 unspecified atom stereocenters. The van der Waals surface area contributed by atoms with E-state index in [-0.39, 0.29) is 0 Å². The molecule has 0 aliphatic carbocycles. The number of rotatable bonds is 1. The minimum Gasteiger partial charge on any atom is -0.316 e. The van der Waals surface area contributed by atoms with Crippen LogP contribution in [-0.2, 0) is 6.42 Å². The van der Waals surface area contributed by atoms with E-state index in [0.29, 0.717) is 6.04 Å². The third-order valence-corrected chi connectivity index (χ3v) is 5.65. The first-order valence-electron chi connectivity index (χ1n) is 7.81. The molecule has 0 saturated carbocycles. The first-order valence-corrected chi connectivity index (χ1v) is 8.80. The summed E-state index contributed by atoms with van der Waals surface area (Å²) in [4.78, 5) is 11.6. The standard InChI is InChI=1S/C19H15N3S/c1-2-7-18-13(4-1)10-15-12-23-19(22(15)18)21-17-6-3-5-14-11-20-9-8-16(14)17/h1-9,11,15H,10,12H2. The first-order chi connectivity index (χ1) is 11.4. The lowest BCUT2D eigenvalue weighted by Gasteiger charge is -2.18. The van der Waals surface area contributed by atoms with Crippen molar-refractivity contribution < 1.29 is 0 Å². The number of aromatic nitrogens is 1. The van der Waals surface area contributed by atoms with Crippen LogP contribution in [0.4, 0.5) is 11.4 Å². The van der Waals surface area contributed by atoms with Gasteiger partial charge in [-0.05, 0) is 30.2 Å². The number of anilines is 1. The van der Waals surface area contributed by atoms with Crippen LogP contribution in [0.1, 0.15) is 5.56 Å². The summed E-state index contributed by atoms with van der Waals surface area (Å²) in [5.74, 6) is 1.11. The zero-order valence-electron chi connectivity index (χ0n) is 12.5. The molecule has 112 valence electrons. The van der Waals surface area contributed by atoms with E-state index in [4.69, 9.17) is 4.99 Å². The van der Waals surface area contributed by atoms with Crippen molar-refractivity contribution in [2.45, 2.75) is 12.5 Å². The zero-order chi connectivity index (χ0) is 15.2. The van der Waals surface area contributed by atoms with Gasteiger partial charge in [-0.15, -0.1) is 0 Å². The molecule has 1 atom stereocenters. The largest absolute Gasteiger partial charge is 0.316 e. The molecule has 23 heavy (non-hydrogen) atoms. The summed E-state index contributed by atoms with van der Waals surface area (Å²) in [6.45, 7) is 0. The Kier molecular flexibility index (Phi) is 2.91. The summed E-state index contributed by atoms with van der Waals surface area (Å²) in [5.41, 5.74) is 3.79. The van der Waals surface area contributed by atoms with Gasteiger partial charge >= 0.3 is 0 Å². The minimum atomic E-state index is 0.549. The normalized spacial score (nSPS) is 21.0. The van der Waals surface area contributed by atoms with Gasteiger partial charge in [0, 0.05) is 40.6 Å². The van der Waals surface area contributed by atoms with E-state index in [9.17, 15) is 0 Å². The number of thioether (sulfide) groups is 1. The molecule has 0 spiro atoms. The number of amidine groups is 1. The van der Waals surface area contributed by atoms with Crippen LogP contribution < -0.4 is 4.90 Å². The second-order valence-corrected chi connectivity index (χ2v) is 6.92. The molecule has 2 aromatic carbocycles. The lowest BCUT2D eigenvalue weighted by atomic mass is 10.1. The Hall–Kier alpha value is -2.33. The van der Waals surface area contributed by atoms with Crippen molar-refractivity contribution in [3.05, 3.63) is 66.5 Å². The summed E-state index contributed by atoms with van der Waals surface area (Å²) >= 11 is 1.86. The fourth-order valence-corrected chi connectivity index (χ4v) is 4.64. The molecule has 3 aromatic rings. The molecule has 0 N–H and O–H groups in total. The number of nitrogens with zero attached hydrogens (tertiary/aromatic N) is 3. The van der Waals surface area contributed by atoms with E-state index in [1.54, 1.807) is 0 Å². The molecule has 1 saturated heterocycles. The van der Waals surface area contributed by atoms with E-state index in [0.717, 1.165) is 33.8 Å². The molecular weight excluding hydrogens is 302 g/mol. The van der Waals surface area contributed by atoms with Crippen LogP contribution in [0.15, 0.2) is 65.9 Å². The minimum absolute atomic E-state index is 0.549. The highest BCUT2D eigenvalue weighted by atomic mass is 32.2. The van der Waals surface area contributed by atoms with Crippen molar-refractivity contribution in [2.24, 2.45) is 4.99 Å². The quantitative estimate of drug-likeness (QED) is 0.666. The molecule has 0 amide bonds. The first kappa shape index (κ1) is 13.1. The van der Waals surface area contributed by atoms with Gasteiger partial charge in [-0.25, -0.2) is 4.99 Å². The van der Waals surface area contributed by atoms with Crippen molar-refractivity contribution in [1.82, 2.24) is 4.98 Å². The molecule has 5 rings (SSSR count). The van der Waals surface area contributed by atoms with Crippen LogP contribution in [0.3, 0.4) is 0 Å². The summed E-state index contributed by atoms with van der Waals surface area (Å²) in [6.07, 6.45) is 4.86. The Morgan fingerprint density at radius 3 is 3.04 bits per heavy atom. The molecule has 1 aromatic heterocycles. The maximum atomic E-state index is 5.01. The van der Waals surface area contributed by atoms with Gasteiger partial charge in [-0.2, -0.15) is 0 Å². The fourth-order valence-electron chi connectivity index (χ4n) is 3.49. The second-order valence-electron chi connectivity index (χ2n) is 5.94. The van der Waals surface area contributed by atoms with E-state index in [1.165, 1.54) is 11.3 Å². The van der Waals surface area contributed by atoms with Gasteiger partial charge in [0.15, 0.2) is 5.17 Å². The third kappa shape index (κ3) is 2.05. The SMILES string of the molecule is c1ccc2c(c1)CC1CSC(=Nc3cccc4cnccc34)N21. The molecule has 0 radical (unpaired) electrons. The van der Waals surface area contributed by atoms with Crippen LogP contribution >= 0.6 is 11.8 Å². The van der Waals surface area contributed by atoms with Crippen molar-refractivity contribution >= 4 is 39.1 Å². The predicted molar refractivity (Wildman–Crippen MR) is 97.7 cm³/mol. The van der Waals surface area contributed by atoms with Gasteiger partial charge in [-0.3, -0.25) is 4.98 Å². The van der Waals surface area contributed by atoms with Gasteiger partial charge in [0.25, 0.3) is 0 Å². The van der Waals surface area contributed by atoms with Crippen molar-refractivity contribution in [3.63, 3.8) is 0 Å². The Balaban J connectivity index is 1.63. The highest BCUT2D eigenvalue weighted by Crippen LogP contribution is 2.41. The monoisotopic (exact) mass is 317 g/mol. The predicted octanol–water partition coefficient (Wildman–Crippen LogP) is 4.40. The summed E-state index contributed by atoms with van der Waals surface area (Å²) < 4.78 is 0. The molecule has 3 heterocycles. The van der Waals surface area contributed by atoms with Crippen molar-refractivity contribution in [1.29, 1.82) is 0 Å². The highest BCUT2D eigenvalue weighted by molar-refractivity contribution is 8.14. The summed E-state index contributed by atoms with van der Waals surface area (Å²) in [5, 5.41) is 3.41. The maximum Gasteiger partial charge on any atom is 0.169 e. The smallest absolute Gasteiger partial charge is 0.169 e. The molecular formula is C19H15N3S. The zero-order valence-corrected chi connectivity index (χ0v) is 13.3. The fraction of sp³-hybridized carbons (Fsp3) is 0.158. The lowest BCUT2D eigenvalue weighted by Crippen LogP contribution is -2.29. The Morgan fingerprint density at radius 2 is 2.04 bits per heavy atom. The molecule has 4 heteroatoms. The van der Waals surface area contributed by atoms with Gasteiger partial charge in [-0.1, -0.05) is 42.1 Å². The van der Waals surface area contributed by atoms with E-state index in [2.05, 4.69) is 52.3 Å². The molecule has 3 nitrogen and oxygen atoms in total. The van der Waals surface area contributed by atoms with Crippen molar-refractivity contribution in [3.8, 4) is 0 Å². The number of fused-ring (bicyclic) bond motifs is 4. The van der Waals surface area contributed by atoms with Gasteiger partial charge in [0.05, 0.1) is 5.69 Å². The van der Waals surface area contributed by atoms with Gasteiger partial charge < -0.3 is 4.90 Å². The number of para-hydroxylation sites is 1. The topological polar surface area (TPSA) is 28.5 Å². The number of aliphatic imine (C=N–C) groups is 1. The Bertz CT molecular complexity index is 929. The van der Waals surface area contributed by atoms with Crippen LogP contribution in [-0.4, -0.2) is 21.9 Å². The van der Waals surface area contributed by atoms with Gasteiger partial charge in [0.1, 0.15) is 0 Å². The molecule has 2 aliphatic rings. The molecule has 0 bridgehead atoms. The average molecular weight is 317 g/mol. The highest BCUT2D eigenvalue weighted by Gasteiger charge is 2.37. The van der Waals surface area contributed by atoms with Crippen LogP contribution in [0.5, 0.6) is 0 Å². The molecule has 1 fully saturated rings. The molecule has 2 aliphatic heterocycles. The van der Waals surface area contributed by atoms with Crippen molar-refractivity contribution in [2.75, 3.05) is 10.7 Å². The van der Waals surface area contributed by atoms with E-state index < -0.39 is 0 Å². The third-order valence-electron chi connectivity index (χ3n) is 4.56. The Labute approximate surface area is 139 Å². The summed E-state index contributed by atoms with van der Waals surface area (Å²) in [6, 6.07) is 17.5. The van der Waals surface area contributed by atoms with E-state index >= 15 is 0 Å². The summed E-state index contributed by atoms with van der Waals surface area (Å²) in [7, 11) is 0. The number of pyridine rings is 1. The lowest BCUT2D eigenvalue weighted by molar-refractivity contribution is 0.801. The van der Waals surface area contributed by atoms with Crippen LogP contribution in [0.2, 0.25) is 0 Å². The average Bonchev–Trinajstić information content (AvgIpc) is 3.15. The number of benzene rings is 2. The van der Waals surface area contributed by atoms with Crippen LogP contribution in [0.25, 0.3) is 10.8 Å². The maximum absolute atomic E-state index is 5.01. The number of hydrogen-bond acceptors (Lipinski definition) is 3. The van der Waals surface area contributed by atoms with Crippen LogP contribution in [0, 0.1) is 0 Å². The second kappa shape index (κ2) is 5.10.